The van der Waals surface area contributed by atoms with Crippen LogP contribution in [0.4, 0.5) is 0 Å². The van der Waals surface area contributed by atoms with Crippen LogP contribution < -0.4 is 47.4 Å². The SMILES string of the molecule is CC(=O)O[C@H]1[C@@H](c2c(OCc3ccccc3)cc(OCc3ccccc3)c3c2O[C@H](c2ccc(OCc4ccccc4)c(OCc4ccccc4)c2)[C@@H](O)C3)c2c(OCc3ccccc3)cc(OCc3ccccc3)cc2O[C@@H]1c1ccc(OCc2ccccc2)c(OCc2ccccc2)c1. The summed E-state index contributed by atoms with van der Waals surface area (Å²) in [5.41, 5.74) is 10.2. The van der Waals surface area contributed by atoms with Crippen LogP contribution in [0.25, 0.3) is 0 Å². The first-order valence-electron chi connectivity index (χ1n) is 34.0. The molecule has 12 aromatic carbocycles. The van der Waals surface area contributed by atoms with Crippen LogP contribution in [-0.4, -0.2) is 23.3 Å². The minimum Gasteiger partial charge on any atom is -0.489 e. The fourth-order valence-electron chi connectivity index (χ4n) is 12.7. The number of rotatable bonds is 28. The van der Waals surface area contributed by atoms with Crippen LogP contribution >= 0.6 is 0 Å². The topological polar surface area (TPSA) is 139 Å². The molecule has 1 N–H and O–H groups in total. The number of hydrogen-bond donors (Lipinski definition) is 1. The van der Waals surface area contributed by atoms with Gasteiger partial charge in [0.2, 0.25) is 0 Å². The summed E-state index contributed by atoms with van der Waals surface area (Å²) in [6.07, 6.45) is -4.51. The van der Waals surface area contributed by atoms with Crippen molar-refractivity contribution in [1.82, 2.24) is 0 Å². The van der Waals surface area contributed by atoms with Gasteiger partial charge in [0.25, 0.3) is 0 Å². The lowest BCUT2D eigenvalue weighted by Gasteiger charge is -2.42. The van der Waals surface area contributed by atoms with Gasteiger partial charge in [-0.05, 0) is 74.3 Å². The molecule has 13 nitrogen and oxygen atoms in total. The van der Waals surface area contributed by atoms with E-state index < -0.39 is 36.3 Å². The number of carbonyl (C=O) groups is 1. The molecule has 2 aliphatic heterocycles. The molecule has 0 aromatic heterocycles. The Morgan fingerprint density at radius 2 is 0.683 bits per heavy atom. The van der Waals surface area contributed by atoms with Gasteiger partial charge in [0.05, 0.1) is 12.0 Å². The fraction of sp³-hybridized carbons (Fsp3) is 0.170. The van der Waals surface area contributed by atoms with Crippen LogP contribution in [-0.2, 0) is 68.8 Å². The fourth-order valence-corrected chi connectivity index (χ4v) is 12.7. The Hall–Kier alpha value is -11.9. The third kappa shape index (κ3) is 16.6. The Kier molecular flexibility index (Phi) is 21.1. The van der Waals surface area contributed by atoms with Gasteiger partial charge < -0.3 is 57.2 Å². The highest BCUT2D eigenvalue weighted by atomic mass is 16.6. The molecule has 101 heavy (non-hydrogen) atoms. The average Bonchev–Trinajstić information content (AvgIpc) is 0.720. The zero-order chi connectivity index (χ0) is 68.5. The number of hydrogen-bond acceptors (Lipinski definition) is 13. The van der Waals surface area contributed by atoms with E-state index in [1.54, 1.807) is 0 Å². The molecule has 0 fully saturated rings. The van der Waals surface area contributed by atoms with Crippen molar-refractivity contribution in [2.75, 3.05) is 0 Å². The monoisotopic (exact) mass is 1340 g/mol. The van der Waals surface area contributed by atoms with Crippen molar-refractivity contribution in [2.24, 2.45) is 0 Å². The summed E-state index contributed by atoms with van der Waals surface area (Å²) in [6, 6.07) is 96.2. The van der Waals surface area contributed by atoms with Gasteiger partial charge in [-0.2, -0.15) is 0 Å². The second kappa shape index (κ2) is 32.2. The Morgan fingerprint density at radius 3 is 1.07 bits per heavy atom. The summed E-state index contributed by atoms with van der Waals surface area (Å²) in [4.78, 5) is 14.5. The molecule has 0 unspecified atom stereocenters. The van der Waals surface area contributed by atoms with Gasteiger partial charge in [0.15, 0.2) is 35.2 Å². The number of benzene rings is 12. The molecule has 13 heteroatoms. The highest BCUT2D eigenvalue weighted by Crippen LogP contribution is 2.59. The van der Waals surface area contributed by atoms with Gasteiger partial charge in [0.1, 0.15) is 93.5 Å². The van der Waals surface area contributed by atoms with Gasteiger partial charge in [-0.15, -0.1) is 0 Å². The van der Waals surface area contributed by atoms with Crippen molar-refractivity contribution in [3.63, 3.8) is 0 Å². The molecule has 2 aliphatic rings. The molecule has 2 heterocycles. The summed E-state index contributed by atoms with van der Waals surface area (Å²) in [5.74, 6) is 2.45. The maximum absolute atomic E-state index is 14.5. The number of fused-ring (bicyclic) bond motifs is 2. The van der Waals surface area contributed by atoms with Gasteiger partial charge in [-0.1, -0.05) is 255 Å². The van der Waals surface area contributed by atoms with E-state index in [1.165, 1.54) is 6.92 Å². The molecular formula is C88H76O13. The highest BCUT2D eigenvalue weighted by molar-refractivity contribution is 5.70. The van der Waals surface area contributed by atoms with E-state index in [2.05, 4.69) is 0 Å². The molecule has 0 saturated carbocycles. The molecule has 0 aliphatic carbocycles. The zero-order valence-electron chi connectivity index (χ0n) is 55.9. The molecule has 14 rings (SSSR count). The van der Waals surface area contributed by atoms with Crippen LogP contribution in [0.3, 0.4) is 0 Å². The maximum atomic E-state index is 14.5. The number of esters is 1. The number of carbonyl (C=O) groups excluding carboxylic acids is 1. The van der Waals surface area contributed by atoms with E-state index in [-0.39, 0.29) is 59.3 Å². The first-order valence-corrected chi connectivity index (χ1v) is 34.0. The quantitative estimate of drug-likeness (QED) is 0.0466. The van der Waals surface area contributed by atoms with Crippen LogP contribution in [0.2, 0.25) is 0 Å². The highest BCUT2D eigenvalue weighted by Gasteiger charge is 2.49. The first kappa shape index (κ1) is 66.3. The molecule has 0 radical (unpaired) electrons. The van der Waals surface area contributed by atoms with Crippen LogP contribution in [0.1, 0.15) is 97.4 Å². The standard InChI is InChI=1S/C88H76O13/c1-60(89)99-88-84(82-79(97-58-67-38-22-8-23-39-67)48-71(91-52-61-26-10-2-11-27-61)49-81(82)100-86(88)70-43-45-75(93-54-63-30-14-4-15-31-63)78(47-70)96-57-66-36-20-7-21-37-66)83-80(98-59-68-40-24-9-25-41-68)51-76(94-55-64-32-16-5-17-33-64)72-50-73(90)85(101-87(72)83)69-42-44-74(92-53-62-28-12-3-13-29-62)77(46-69)95-56-65-34-18-6-19-35-65/h2-49,51,73,84-86,88,90H,50,52-59H2,1H3/t73-,84+,85+,86+,88-/m0/s1. The Balaban J connectivity index is 0.982. The first-order chi connectivity index (χ1) is 49.8. The van der Waals surface area contributed by atoms with Gasteiger partial charge >= 0.3 is 5.97 Å². The second-order valence-electron chi connectivity index (χ2n) is 24.9. The van der Waals surface area contributed by atoms with Crippen molar-refractivity contribution in [1.29, 1.82) is 0 Å². The smallest absolute Gasteiger partial charge is 0.303 e. The van der Waals surface area contributed by atoms with Gasteiger partial charge in [0, 0.05) is 53.8 Å². The van der Waals surface area contributed by atoms with E-state index in [9.17, 15) is 9.90 Å². The zero-order valence-corrected chi connectivity index (χ0v) is 55.9. The number of ether oxygens (including phenoxy) is 11. The maximum Gasteiger partial charge on any atom is 0.303 e. The summed E-state index contributed by atoms with van der Waals surface area (Å²) in [6.45, 7) is 2.98. The predicted octanol–water partition coefficient (Wildman–Crippen LogP) is 18.6. The Bertz CT molecular complexity index is 4660. The van der Waals surface area contributed by atoms with Crippen molar-refractivity contribution in [3.05, 3.63) is 370 Å². The lowest BCUT2D eigenvalue weighted by atomic mass is 9.77. The van der Waals surface area contributed by atoms with Crippen LogP contribution in [0.15, 0.2) is 297 Å². The molecule has 5 atom stereocenters. The summed E-state index contributed by atoms with van der Waals surface area (Å²) in [7, 11) is 0. The van der Waals surface area contributed by atoms with E-state index >= 15 is 0 Å². The second-order valence-corrected chi connectivity index (χ2v) is 24.9. The molecule has 12 aromatic rings. The van der Waals surface area contributed by atoms with Crippen molar-refractivity contribution in [3.8, 4) is 57.5 Å². The summed E-state index contributed by atoms with van der Waals surface area (Å²) >= 11 is 0. The minimum atomic E-state index is -1.24. The van der Waals surface area contributed by atoms with Gasteiger partial charge in [-0.3, -0.25) is 4.79 Å². The molecule has 0 bridgehead atoms. The molecule has 506 valence electrons. The molecule has 0 saturated heterocycles. The predicted molar refractivity (Wildman–Crippen MR) is 386 cm³/mol. The Labute approximate surface area is 588 Å². The third-order valence-corrected chi connectivity index (χ3v) is 17.7. The van der Waals surface area contributed by atoms with Crippen molar-refractivity contribution in [2.45, 2.75) is 96.5 Å². The van der Waals surface area contributed by atoms with Crippen LogP contribution in [0, 0.1) is 0 Å². The molecule has 0 amide bonds. The lowest BCUT2D eigenvalue weighted by molar-refractivity contribution is -0.154. The van der Waals surface area contributed by atoms with Crippen molar-refractivity contribution >= 4 is 5.97 Å². The molecule has 0 spiro atoms. The lowest BCUT2D eigenvalue weighted by Crippen LogP contribution is -2.40. The molecular weight excluding hydrogens is 1260 g/mol. The average molecular weight is 1340 g/mol. The van der Waals surface area contributed by atoms with Crippen molar-refractivity contribution < 1.29 is 62.0 Å². The number of aliphatic hydroxyl groups is 1. The normalized spacial score (nSPS) is 15.8. The van der Waals surface area contributed by atoms with E-state index in [1.807, 2.05) is 297 Å². The van der Waals surface area contributed by atoms with Gasteiger partial charge in [-0.25, -0.2) is 0 Å². The summed E-state index contributed by atoms with van der Waals surface area (Å²) in [5, 5.41) is 13.0. The minimum absolute atomic E-state index is 0.0382. The number of aliphatic hydroxyl groups excluding tert-OH is 1. The largest absolute Gasteiger partial charge is 0.489 e. The third-order valence-electron chi connectivity index (χ3n) is 17.7. The Morgan fingerprint density at radius 1 is 0.347 bits per heavy atom. The van der Waals surface area contributed by atoms with E-state index in [0.29, 0.717) is 85.3 Å². The van der Waals surface area contributed by atoms with E-state index in [4.69, 9.17) is 52.1 Å². The van der Waals surface area contributed by atoms with E-state index in [0.717, 1.165) is 44.5 Å². The van der Waals surface area contributed by atoms with Crippen LogP contribution in [0.5, 0.6) is 57.5 Å². The summed E-state index contributed by atoms with van der Waals surface area (Å²) < 4.78 is 76.9.